The predicted molar refractivity (Wildman–Crippen MR) is 178 cm³/mol. The van der Waals surface area contributed by atoms with Gasteiger partial charge in [-0.25, -0.2) is 0 Å². The van der Waals surface area contributed by atoms with Gasteiger partial charge in [-0.3, -0.25) is 14.4 Å². The van der Waals surface area contributed by atoms with Gasteiger partial charge in [0.15, 0.2) is 0 Å². The minimum absolute atomic E-state index is 0.00922. The third-order valence-corrected chi connectivity index (χ3v) is 12.2. The molecule has 3 fully saturated rings. The number of thioether (sulfide) groups is 1. The van der Waals surface area contributed by atoms with Crippen LogP contribution in [0.5, 0.6) is 0 Å². The van der Waals surface area contributed by atoms with Crippen molar-refractivity contribution in [1.29, 1.82) is 0 Å². The molecule has 3 saturated heterocycles. The number of fused-ring (bicyclic) bond motifs is 1. The first-order valence-electron chi connectivity index (χ1n) is 14.9. The van der Waals surface area contributed by atoms with E-state index in [1.54, 1.807) is 38.6 Å². The molecule has 6 atom stereocenters. The molecule has 3 aliphatic heterocycles. The van der Waals surface area contributed by atoms with Crippen LogP contribution in [0.4, 0.5) is 11.4 Å². The van der Waals surface area contributed by atoms with E-state index in [0.717, 1.165) is 22.5 Å². The van der Waals surface area contributed by atoms with Crippen LogP contribution in [0.3, 0.4) is 0 Å². The molecule has 2 bridgehead atoms. The zero-order valence-corrected chi connectivity index (χ0v) is 27.2. The lowest BCUT2D eigenvalue weighted by Crippen LogP contribution is -2.56. The number of amides is 3. The number of halogens is 1. The third kappa shape index (κ3) is 5.49. The lowest BCUT2D eigenvalue weighted by atomic mass is 9.70. The Morgan fingerprint density at radius 3 is 2.44 bits per heavy atom. The van der Waals surface area contributed by atoms with Gasteiger partial charge in [0.2, 0.25) is 11.8 Å². The first kappa shape index (κ1) is 31.5. The Morgan fingerprint density at radius 1 is 1.07 bits per heavy atom. The summed E-state index contributed by atoms with van der Waals surface area (Å²) < 4.78 is -0.764. The smallest absolute Gasteiger partial charge is 0.251 e. The molecule has 0 saturated carbocycles. The van der Waals surface area contributed by atoms with E-state index in [-0.39, 0.29) is 34.4 Å². The van der Waals surface area contributed by atoms with E-state index in [1.165, 1.54) is 0 Å². The fourth-order valence-electron chi connectivity index (χ4n) is 7.16. The van der Waals surface area contributed by atoms with Crippen molar-refractivity contribution in [2.45, 2.75) is 54.0 Å². The van der Waals surface area contributed by atoms with Gasteiger partial charge in [-0.15, -0.1) is 24.9 Å². The molecule has 9 heteroatoms. The van der Waals surface area contributed by atoms with E-state index in [4.69, 9.17) is 0 Å². The number of anilines is 2. The normalized spacial score (nSPS) is 27.2. The summed E-state index contributed by atoms with van der Waals surface area (Å²) in [5.41, 5.74) is 3.55. The summed E-state index contributed by atoms with van der Waals surface area (Å²) in [7, 11) is 0. The third-order valence-electron chi connectivity index (χ3n) is 8.99. The second kappa shape index (κ2) is 13.0. The molecule has 7 nitrogen and oxygen atoms in total. The van der Waals surface area contributed by atoms with E-state index in [2.05, 4.69) is 29.1 Å². The van der Waals surface area contributed by atoms with Crippen LogP contribution in [0.1, 0.15) is 30.4 Å². The number of alkyl halides is 1. The Labute approximate surface area is 267 Å². The first-order chi connectivity index (χ1) is 20.7. The van der Waals surface area contributed by atoms with Crippen LogP contribution in [0.15, 0.2) is 73.8 Å². The molecule has 43 heavy (non-hydrogen) atoms. The van der Waals surface area contributed by atoms with Gasteiger partial charge in [0.25, 0.3) is 5.91 Å². The molecule has 0 aromatic heterocycles. The number of unbranched alkanes of at least 4 members (excludes halogenated alkanes) is 1. The summed E-state index contributed by atoms with van der Waals surface area (Å²) in [6, 6.07) is 14.8. The molecule has 228 valence electrons. The van der Waals surface area contributed by atoms with Crippen molar-refractivity contribution in [3.8, 4) is 0 Å². The van der Waals surface area contributed by atoms with Gasteiger partial charge in [-0.05, 0) is 62.4 Å². The maximum absolute atomic E-state index is 14.9. The molecule has 2 aromatic carbocycles. The van der Waals surface area contributed by atoms with Gasteiger partial charge >= 0.3 is 0 Å². The average Bonchev–Trinajstić information content (AvgIpc) is 3.59. The van der Waals surface area contributed by atoms with Gasteiger partial charge in [-0.2, -0.15) is 0 Å². The molecule has 2 aromatic rings. The fourth-order valence-corrected chi connectivity index (χ4v) is 10.8. The number of aliphatic hydroxyl groups is 1. The summed E-state index contributed by atoms with van der Waals surface area (Å²) in [4.78, 5) is 49.0. The highest BCUT2D eigenvalue weighted by Gasteiger charge is 2.76. The summed E-state index contributed by atoms with van der Waals surface area (Å²) in [6.07, 6.45) is 5.12. The van der Waals surface area contributed by atoms with Gasteiger partial charge < -0.3 is 19.8 Å². The number of carbonyl (C=O) groups excluding carboxylic acids is 3. The standard InChI is InChI=1S/C34H40BrN3O4S/c1-5-16-36(24-12-8-7-9-13-24)31(40)27-28-32(41)38(18-10-11-19-39)30(34(28)21-25(35)29(27)43-34)33(42)37(17-6-2)26-20-22(3)14-15-23(26)4/h5-9,12-15,20,25,27-30,39H,1-2,10-11,16-19,21H2,3-4H3/t25?,27-,28-,29-,30?,34?/m0/s1. The van der Waals surface area contributed by atoms with Gasteiger partial charge in [0, 0.05) is 47.7 Å². The highest BCUT2D eigenvalue weighted by Crippen LogP contribution is 2.68. The number of likely N-dealkylation sites (tertiary alicyclic amines) is 1. The zero-order valence-electron chi connectivity index (χ0n) is 24.8. The molecule has 3 amide bonds. The second-order valence-corrected chi connectivity index (χ2v) is 14.4. The lowest BCUT2D eigenvalue weighted by Gasteiger charge is -2.38. The molecule has 5 rings (SSSR count). The number of nitrogens with zero attached hydrogens (tertiary/aromatic N) is 3. The Hall–Kier alpha value is -2.88. The SMILES string of the molecule is C=CCN(C(=O)[C@H]1[C@H]2C(=O)N(CCCCO)C(C(=O)N(CC=C)c3cc(C)ccc3C)C23CC(Br)[C@@H]1S3)c1ccccc1. The molecule has 3 aliphatic rings. The minimum Gasteiger partial charge on any atom is -0.396 e. The number of rotatable bonds is 12. The lowest BCUT2D eigenvalue weighted by molar-refractivity contribution is -0.139. The average molecular weight is 667 g/mol. The fraction of sp³-hybridized carbons (Fsp3) is 0.441. The van der Waals surface area contributed by atoms with Crippen molar-refractivity contribution in [3.05, 3.63) is 85.0 Å². The van der Waals surface area contributed by atoms with E-state index in [0.29, 0.717) is 38.9 Å². The van der Waals surface area contributed by atoms with Crippen LogP contribution < -0.4 is 9.80 Å². The maximum Gasteiger partial charge on any atom is 0.251 e. The van der Waals surface area contributed by atoms with E-state index >= 15 is 0 Å². The van der Waals surface area contributed by atoms with Crippen LogP contribution in [0, 0.1) is 25.7 Å². The van der Waals surface area contributed by atoms with Crippen molar-refractivity contribution < 1.29 is 19.5 Å². The topological polar surface area (TPSA) is 81.2 Å². The Balaban J connectivity index is 1.59. The number of carbonyl (C=O) groups is 3. The highest BCUT2D eigenvalue weighted by molar-refractivity contribution is 9.09. The van der Waals surface area contributed by atoms with E-state index in [1.807, 2.05) is 62.4 Å². The Morgan fingerprint density at radius 2 is 1.77 bits per heavy atom. The summed E-state index contributed by atoms with van der Waals surface area (Å²) in [5, 5.41) is 9.37. The second-order valence-electron chi connectivity index (χ2n) is 11.7. The van der Waals surface area contributed by atoms with Crippen molar-refractivity contribution >= 4 is 56.8 Å². The molecule has 1 N–H and O–H groups in total. The van der Waals surface area contributed by atoms with Gasteiger partial charge in [0.1, 0.15) is 6.04 Å². The Kier molecular flexibility index (Phi) is 9.54. The van der Waals surface area contributed by atoms with Crippen LogP contribution in [0.2, 0.25) is 0 Å². The maximum atomic E-state index is 14.9. The number of hydrogen-bond donors (Lipinski definition) is 1. The van der Waals surface area contributed by atoms with Gasteiger partial charge in [0.05, 0.1) is 16.6 Å². The van der Waals surface area contributed by atoms with E-state index < -0.39 is 22.6 Å². The van der Waals surface area contributed by atoms with Crippen molar-refractivity contribution in [2.24, 2.45) is 11.8 Å². The molecule has 1 spiro atoms. The molecule has 0 radical (unpaired) electrons. The molecular weight excluding hydrogens is 626 g/mol. The van der Waals surface area contributed by atoms with Crippen molar-refractivity contribution in [1.82, 2.24) is 4.90 Å². The number of para-hydroxylation sites is 1. The largest absolute Gasteiger partial charge is 0.396 e. The molecular formula is C34H40BrN3O4S. The van der Waals surface area contributed by atoms with Crippen LogP contribution in [-0.2, 0) is 14.4 Å². The Bertz CT molecular complexity index is 1400. The number of hydrogen-bond acceptors (Lipinski definition) is 5. The van der Waals surface area contributed by atoms with Crippen LogP contribution in [0.25, 0.3) is 0 Å². The first-order valence-corrected chi connectivity index (χ1v) is 16.7. The van der Waals surface area contributed by atoms with Crippen molar-refractivity contribution in [2.75, 3.05) is 36.0 Å². The highest BCUT2D eigenvalue weighted by atomic mass is 79.9. The van der Waals surface area contributed by atoms with E-state index in [9.17, 15) is 19.5 Å². The zero-order chi connectivity index (χ0) is 30.9. The summed E-state index contributed by atoms with van der Waals surface area (Å²) in [6.45, 7) is 12.8. The number of benzene rings is 2. The number of aryl methyl sites for hydroxylation is 2. The quantitative estimate of drug-likeness (QED) is 0.190. The minimum atomic E-state index is -0.764. The molecule has 3 heterocycles. The summed E-state index contributed by atoms with van der Waals surface area (Å²) >= 11 is 5.52. The molecule has 0 aliphatic carbocycles. The summed E-state index contributed by atoms with van der Waals surface area (Å²) in [5.74, 6) is -1.64. The predicted octanol–water partition coefficient (Wildman–Crippen LogP) is 5.28. The van der Waals surface area contributed by atoms with Crippen LogP contribution >= 0.6 is 27.7 Å². The van der Waals surface area contributed by atoms with Crippen molar-refractivity contribution in [3.63, 3.8) is 0 Å². The van der Waals surface area contributed by atoms with Crippen LogP contribution in [-0.4, -0.2) is 74.8 Å². The monoisotopic (exact) mass is 665 g/mol. The number of aliphatic hydroxyl groups excluding tert-OH is 1. The van der Waals surface area contributed by atoms with Gasteiger partial charge in [-0.1, -0.05) is 58.4 Å². The molecule has 3 unspecified atom stereocenters.